The minimum atomic E-state index is -0.215. The van der Waals surface area contributed by atoms with Gasteiger partial charge in [-0.3, -0.25) is 4.79 Å². The Balaban J connectivity index is 2.09. The molecule has 1 N–H and O–H groups in total. The first-order valence-corrected chi connectivity index (χ1v) is 9.07. The Hall–Kier alpha value is -2.24. The molecule has 136 valence electrons. The molecule has 7 heteroatoms. The number of carbonyl (C=O) groups excluding carboxylic acids is 1. The Morgan fingerprint density at radius 3 is 2.62 bits per heavy atom. The lowest BCUT2D eigenvalue weighted by Crippen LogP contribution is -2.33. The SMILES string of the molecule is CC[C@H](C)NC(=O)c1cc(-c2ccc(C)o2)nn1-c1ccc(Cl)c(Cl)c1. The van der Waals surface area contributed by atoms with E-state index in [9.17, 15) is 4.79 Å². The third-order valence-corrected chi connectivity index (χ3v) is 4.81. The summed E-state index contributed by atoms with van der Waals surface area (Å²) < 4.78 is 7.19. The van der Waals surface area contributed by atoms with E-state index in [-0.39, 0.29) is 11.9 Å². The molecule has 0 saturated carbocycles. The first-order chi connectivity index (χ1) is 12.4. The summed E-state index contributed by atoms with van der Waals surface area (Å²) in [7, 11) is 0. The van der Waals surface area contributed by atoms with Crippen LogP contribution in [0, 0.1) is 6.92 Å². The lowest BCUT2D eigenvalue weighted by atomic mass is 10.2. The summed E-state index contributed by atoms with van der Waals surface area (Å²) in [5.74, 6) is 1.15. The molecule has 1 amide bonds. The summed E-state index contributed by atoms with van der Waals surface area (Å²) >= 11 is 12.1. The summed E-state index contributed by atoms with van der Waals surface area (Å²) in [6, 6.07) is 10.5. The van der Waals surface area contributed by atoms with Crippen LogP contribution in [-0.2, 0) is 0 Å². The van der Waals surface area contributed by atoms with E-state index in [1.54, 1.807) is 28.9 Å². The van der Waals surface area contributed by atoms with E-state index in [2.05, 4.69) is 10.4 Å². The molecule has 5 nitrogen and oxygen atoms in total. The van der Waals surface area contributed by atoms with Crippen molar-refractivity contribution in [3.05, 3.63) is 57.9 Å². The van der Waals surface area contributed by atoms with Gasteiger partial charge in [0.25, 0.3) is 5.91 Å². The van der Waals surface area contributed by atoms with Crippen LogP contribution >= 0.6 is 23.2 Å². The van der Waals surface area contributed by atoms with E-state index < -0.39 is 0 Å². The molecule has 0 aliphatic carbocycles. The van der Waals surface area contributed by atoms with Gasteiger partial charge in [-0.05, 0) is 50.6 Å². The van der Waals surface area contributed by atoms with E-state index in [1.165, 1.54) is 0 Å². The number of halogens is 2. The lowest BCUT2D eigenvalue weighted by Gasteiger charge is -2.12. The molecule has 0 aliphatic heterocycles. The number of amides is 1. The van der Waals surface area contributed by atoms with Crippen molar-refractivity contribution in [3.8, 4) is 17.1 Å². The number of nitrogens with one attached hydrogen (secondary N) is 1. The van der Waals surface area contributed by atoms with Gasteiger partial charge >= 0.3 is 0 Å². The van der Waals surface area contributed by atoms with Crippen LogP contribution in [0.1, 0.15) is 36.5 Å². The van der Waals surface area contributed by atoms with Crippen molar-refractivity contribution < 1.29 is 9.21 Å². The van der Waals surface area contributed by atoms with Crippen molar-refractivity contribution >= 4 is 29.1 Å². The zero-order valence-corrected chi connectivity index (χ0v) is 16.2. The fourth-order valence-corrected chi connectivity index (χ4v) is 2.74. The van der Waals surface area contributed by atoms with Gasteiger partial charge in [0.2, 0.25) is 0 Å². The van der Waals surface area contributed by atoms with E-state index in [0.29, 0.717) is 32.9 Å². The molecule has 1 aromatic carbocycles. The van der Waals surface area contributed by atoms with Gasteiger partial charge in [-0.25, -0.2) is 4.68 Å². The summed E-state index contributed by atoms with van der Waals surface area (Å²) in [5, 5.41) is 8.34. The van der Waals surface area contributed by atoms with E-state index in [0.717, 1.165) is 12.2 Å². The number of aromatic nitrogens is 2. The highest BCUT2D eigenvalue weighted by molar-refractivity contribution is 6.42. The number of rotatable bonds is 5. The zero-order valence-electron chi connectivity index (χ0n) is 14.7. The van der Waals surface area contributed by atoms with Gasteiger partial charge in [-0.2, -0.15) is 5.10 Å². The fourth-order valence-electron chi connectivity index (χ4n) is 2.45. The van der Waals surface area contributed by atoms with Gasteiger partial charge < -0.3 is 9.73 Å². The molecule has 0 fully saturated rings. The molecule has 0 saturated heterocycles. The number of hydrogen-bond acceptors (Lipinski definition) is 3. The lowest BCUT2D eigenvalue weighted by molar-refractivity contribution is 0.0931. The average molecular weight is 392 g/mol. The van der Waals surface area contributed by atoms with Gasteiger partial charge in [0.1, 0.15) is 17.1 Å². The van der Waals surface area contributed by atoms with Crippen molar-refractivity contribution in [3.63, 3.8) is 0 Å². The summed E-state index contributed by atoms with van der Waals surface area (Å²) in [6.45, 7) is 5.82. The van der Waals surface area contributed by atoms with Gasteiger partial charge in [0.15, 0.2) is 5.76 Å². The van der Waals surface area contributed by atoms with Crippen molar-refractivity contribution in [1.29, 1.82) is 0 Å². The Morgan fingerprint density at radius 1 is 1.23 bits per heavy atom. The quantitative estimate of drug-likeness (QED) is 0.643. The van der Waals surface area contributed by atoms with Crippen LogP contribution in [-0.4, -0.2) is 21.7 Å². The number of nitrogens with zero attached hydrogens (tertiary/aromatic N) is 2. The fraction of sp³-hybridized carbons (Fsp3) is 0.263. The largest absolute Gasteiger partial charge is 0.460 e. The Morgan fingerprint density at radius 2 is 2.00 bits per heavy atom. The number of aryl methyl sites for hydroxylation is 1. The topological polar surface area (TPSA) is 60.1 Å². The van der Waals surface area contributed by atoms with Crippen LogP contribution < -0.4 is 5.32 Å². The summed E-state index contributed by atoms with van der Waals surface area (Å²) in [6.07, 6.45) is 0.830. The molecular weight excluding hydrogens is 373 g/mol. The number of benzene rings is 1. The standard InChI is InChI=1S/C19H19Cl2N3O2/c1-4-11(2)22-19(25)17-10-16(18-8-5-12(3)26-18)23-24(17)13-6-7-14(20)15(21)9-13/h5-11H,4H2,1-3H3,(H,22,25)/t11-/m0/s1. The van der Waals surface area contributed by atoms with E-state index in [4.69, 9.17) is 27.6 Å². The zero-order chi connectivity index (χ0) is 18.8. The van der Waals surface area contributed by atoms with Gasteiger partial charge in [-0.15, -0.1) is 0 Å². The highest BCUT2D eigenvalue weighted by Gasteiger charge is 2.20. The summed E-state index contributed by atoms with van der Waals surface area (Å²) in [4.78, 5) is 12.7. The highest BCUT2D eigenvalue weighted by atomic mass is 35.5. The molecular formula is C19H19Cl2N3O2. The Labute approximate surface area is 161 Å². The molecule has 3 rings (SSSR count). The van der Waals surface area contributed by atoms with Gasteiger partial charge in [0, 0.05) is 12.1 Å². The maximum Gasteiger partial charge on any atom is 0.270 e. The maximum absolute atomic E-state index is 12.7. The molecule has 0 aliphatic rings. The van der Waals surface area contributed by atoms with Crippen LogP contribution in [0.25, 0.3) is 17.1 Å². The number of hydrogen-bond donors (Lipinski definition) is 1. The normalized spacial score (nSPS) is 12.2. The number of furan rings is 1. The van der Waals surface area contributed by atoms with Gasteiger partial charge in [0.05, 0.1) is 15.7 Å². The van der Waals surface area contributed by atoms with Crippen LogP contribution in [0.15, 0.2) is 40.8 Å². The molecule has 0 unspecified atom stereocenters. The van der Waals surface area contributed by atoms with E-state index >= 15 is 0 Å². The highest BCUT2D eigenvalue weighted by Crippen LogP contribution is 2.27. The molecule has 3 aromatic rings. The molecule has 0 radical (unpaired) electrons. The van der Waals surface area contributed by atoms with Crippen molar-refractivity contribution in [2.24, 2.45) is 0 Å². The monoisotopic (exact) mass is 391 g/mol. The second-order valence-electron chi connectivity index (χ2n) is 6.12. The Bertz CT molecular complexity index is 946. The predicted molar refractivity (Wildman–Crippen MR) is 103 cm³/mol. The van der Waals surface area contributed by atoms with Crippen LogP contribution in [0.3, 0.4) is 0 Å². The van der Waals surface area contributed by atoms with Crippen molar-refractivity contribution in [2.45, 2.75) is 33.2 Å². The Kier molecular flexibility index (Phi) is 5.39. The minimum Gasteiger partial charge on any atom is -0.460 e. The molecule has 0 bridgehead atoms. The molecule has 2 aromatic heterocycles. The predicted octanol–water partition coefficient (Wildman–Crippen LogP) is 5.28. The summed E-state index contributed by atoms with van der Waals surface area (Å²) in [5.41, 5.74) is 1.61. The average Bonchev–Trinajstić information content (AvgIpc) is 3.23. The minimum absolute atomic E-state index is 0.0500. The number of carbonyl (C=O) groups is 1. The smallest absolute Gasteiger partial charge is 0.270 e. The van der Waals surface area contributed by atoms with Crippen molar-refractivity contribution in [2.75, 3.05) is 0 Å². The van der Waals surface area contributed by atoms with E-state index in [1.807, 2.05) is 32.9 Å². The van der Waals surface area contributed by atoms with Gasteiger partial charge in [-0.1, -0.05) is 30.1 Å². The third kappa shape index (κ3) is 3.79. The third-order valence-electron chi connectivity index (χ3n) is 4.07. The van der Waals surface area contributed by atoms with Crippen molar-refractivity contribution in [1.82, 2.24) is 15.1 Å². The second kappa shape index (κ2) is 7.56. The van der Waals surface area contributed by atoms with Crippen LogP contribution in [0.2, 0.25) is 10.0 Å². The second-order valence-corrected chi connectivity index (χ2v) is 6.93. The first-order valence-electron chi connectivity index (χ1n) is 8.32. The molecule has 1 atom stereocenters. The molecule has 0 spiro atoms. The molecule has 26 heavy (non-hydrogen) atoms. The maximum atomic E-state index is 12.7. The van der Waals surface area contributed by atoms with Crippen LogP contribution in [0.4, 0.5) is 0 Å². The van der Waals surface area contributed by atoms with Crippen LogP contribution in [0.5, 0.6) is 0 Å². The molecule has 2 heterocycles. The first kappa shape index (κ1) is 18.5.